The molecule has 5 heteroatoms. The van der Waals surface area contributed by atoms with Crippen molar-refractivity contribution in [2.24, 2.45) is 5.92 Å². The first-order chi connectivity index (χ1) is 12.6. The molecule has 0 radical (unpaired) electrons. The lowest BCUT2D eigenvalue weighted by Crippen LogP contribution is -2.42. The summed E-state index contributed by atoms with van der Waals surface area (Å²) in [6.45, 7) is 2.14. The molecule has 3 rings (SSSR count). The molecule has 0 saturated carbocycles. The molecule has 2 atom stereocenters. The van der Waals surface area contributed by atoms with Crippen molar-refractivity contribution in [2.75, 3.05) is 26.0 Å². The molecule has 0 aromatic heterocycles. The van der Waals surface area contributed by atoms with Gasteiger partial charge in [-0.1, -0.05) is 36.4 Å². The van der Waals surface area contributed by atoms with Crippen molar-refractivity contribution < 1.29 is 13.7 Å². The summed E-state index contributed by atoms with van der Waals surface area (Å²) in [5, 5.41) is 0. The summed E-state index contributed by atoms with van der Waals surface area (Å²) in [5.41, 5.74) is 0.862. The van der Waals surface area contributed by atoms with Gasteiger partial charge in [-0.25, -0.2) is 0 Å². The molecule has 1 fully saturated rings. The van der Waals surface area contributed by atoms with Crippen molar-refractivity contribution in [3.8, 4) is 5.75 Å². The highest BCUT2D eigenvalue weighted by Crippen LogP contribution is 2.21. The van der Waals surface area contributed by atoms with E-state index in [0.29, 0.717) is 18.9 Å². The van der Waals surface area contributed by atoms with Crippen LogP contribution in [0.25, 0.3) is 0 Å². The Bertz CT molecular complexity index is 763. The molecule has 2 unspecified atom stereocenters. The smallest absolute Gasteiger partial charge is 0.227 e. The minimum absolute atomic E-state index is 0.104. The molecule has 2 aromatic rings. The van der Waals surface area contributed by atoms with Crippen LogP contribution in [0.1, 0.15) is 18.4 Å². The average molecular weight is 372 g/mol. The highest BCUT2D eigenvalue weighted by molar-refractivity contribution is 7.84. The van der Waals surface area contributed by atoms with Crippen molar-refractivity contribution in [3.63, 3.8) is 0 Å². The number of rotatable bonds is 6. The van der Waals surface area contributed by atoms with Gasteiger partial charge in [-0.15, -0.1) is 0 Å². The SMILES string of the molecule is CS(=O)c1ccccc1CC(=O)N1CCCC(COc2ccccc2)C1. The molecule has 0 aliphatic carbocycles. The quantitative estimate of drug-likeness (QED) is 0.783. The molecule has 138 valence electrons. The van der Waals surface area contributed by atoms with Gasteiger partial charge >= 0.3 is 0 Å². The Morgan fingerprint density at radius 1 is 1.15 bits per heavy atom. The van der Waals surface area contributed by atoms with Gasteiger partial charge < -0.3 is 9.64 Å². The van der Waals surface area contributed by atoms with Gasteiger partial charge in [-0.05, 0) is 36.6 Å². The third-order valence-electron chi connectivity index (χ3n) is 4.72. The van der Waals surface area contributed by atoms with Crippen LogP contribution in [0.3, 0.4) is 0 Å². The lowest BCUT2D eigenvalue weighted by molar-refractivity contribution is -0.132. The number of ether oxygens (including phenoxy) is 1. The van der Waals surface area contributed by atoms with Crippen LogP contribution in [0.15, 0.2) is 59.5 Å². The molecule has 1 saturated heterocycles. The molecule has 2 aromatic carbocycles. The molecule has 0 bridgehead atoms. The number of hydrogen-bond acceptors (Lipinski definition) is 3. The van der Waals surface area contributed by atoms with Gasteiger partial charge in [-0.3, -0.25) is 9.00 Å². The summed E-state index contributed by atoms with van der Waals surface area (Å²) in [4.78, 5) is 15.4. The van der Waals surface area contributed by atoms with Gasteiger partial charge in [0.15, 0.2) is 0 Å². The zero-order chi connectivity index (χ0) is 18.4. The fourth-order valence-corrected chi connectivity index (χ4v) is 4.14. The minimum Gasteiger partial charge on any atom is -0.493 e. The van der Waals surface area contributed by atoms with Crippen LogP contribution in [0.4, 0.5) is 0 Å². The van der Waals surface area contributed by atoms with E-state index in [-0.39, 0.29) is 5.91 Å². The van der Waals surface area contributed by atoms with E-state index < -0.39 is 10.8 Å². The fraction of sp³-hybridized carbons (Fsp3) is 0.381. The summed E-state index contributed by atoms with van der Waals surface area (Å²) in [6.07, 6.45) is 4.03. The molecule has 1 aliphatic rings. The predicted octanol–water partition coefficient (Wildman–Crippen LogP) is 3.28. The summed E-state index contributed by atoms with van der Waals surface area (Å²) in [5.74, 6) is 1.33. The molecule has 4 nitrogen and oxygen atoms in total. The normalized spacial score (nSPS) is 18.3. The Labute approximate surface area is 157 Å². The predicted molar refractivity (Wildman–Crippen MR) is 104 cm³/mol. The number of benzene rings is 2. The van der Waals surface area contributed by atoms with Gasteiger partial charge in [0.25, 0.3) is 0 Å². The molecular formula is C21H25NO3S. The second kappa shape index (κ2) is 8.99. The van der Waals surface area contributed by atoms with E-state index in [4.69, 9.17) is 4.74 Å². The second-order valence-electron chi connectivity index (χ2n) is 6.71. The average Bonchev–Trinajstić information content (AvgIpc) is 2.67. The van der Waals surface area contributed by atoms with E-state index in [2.05, 4.69) is 0 Å². The first-order valence-corrected chi connectivity index (χ1v) is 10.6. The number of likely N-dealkylation sites (tertiary alicyclic amines) is 1. The van der Waals surface area contributed by atoms with E-state index in [9.17, 15) is 9.00 Å². The Kier molecular flexibility index (Phi) is 6.45. The first-order valence-electron chi connectivity index (χ1n) is 9.00. The van der Waals surface area contributed by atoms with E-state index in [1.54, 1.807) is 6.26 Å². The lowest BCUT2D eigenvalue weighted by atomic mass is 9.98. The van der Waals surface area contributed by atoms with Gasteiger partial charge in [-0.2, -0.15) is 0 Å². The third kappa shape index (κ3) is 4.94. The van der Waals surface area contributed by atoms with Gasteiger partial charge in [0.2, 0.25) is 5.91 Å². The molecule has 26 heavy (non-hydrogen) atoms. The summed E-state index contributed by atoms with van der Waals surface area (Å²) in [6, 6.07) is 17.3. The molecule has 0 N–H and O–H groups in total. The number of para-hydroxylation sites is 1. The Morgan fingerprint density at radius 2 is 1.88 bits per heavy atom. The zero-order valence-electron chi connectivity index (χ0n) is 15.1. The standard InChI is InChI=1S/C21H25NO3S/c1-26(24)20-12-6-5-9-18(20)14-21(23)22-13-7-8-17(15-22)16-25-19-10-3-2-4-11-19/h2-6,9-12,17H,7-8,13-16H2,1H3. The highest BCUT2D eigenvalue weighted by Gasteiger charge is 2.24. The molecule has 1 heterocycles. The van der Waals surface area contributed by atoms with Crippen LogP contribution in [-0.2, 0) is 22.0 Å². The van der Waals surface area contributed by atoms with Crippen molar-refractivity contribution in [2.45, 2.75) is 24.2 Å². The van der Waals surface area contributed by atoms with Crippen molar-refractivity contribution >= 4 is 16.7 Å². The summed E-state index contributed by atoms with van der Waals surface area (Å²) >= 11 is 0. The Balaban J connectivity index is 1.57. The zero-order valence-corrected chi connectivity index (χ0v) is 15.9. The fourth-order valence-electron chi connectivity index (χ4n) is 3.36. The number of amides is 1. The number of hydrogen-bond donors (Lipinski definition) is 0. The highest BCUT2D eigenvalue weighted by atomic mass is 32.2. The van der Waals surface area contributed by atoms with Crippen molar-refractivity contribution in [3.05, 3.63) is 60.2 Å². The number of piperidine rings is 1. The van der Waals surface area contributed by atoms with Crippen molar-refractivity contribution in [1.29, 1.82) is 0 Å². The van der Waals surface area contributed by atoms with Crippen LogP contribution >= 0.6 is 0 Å². The van der Waals surface area contributed by atoms with Gasteiger partial charge in [0, 0.05) is 30.2 Å². The van der Waals surface area contributed by atoms with E-state index in [1.165, 1.54) is 0 Å². The van der Waals surface area contributed by atoms with E-state index >= 15 is 0 Å². The van der Waals surface area contributed by atoms with Crippen LogP contribution in [0.5, 0.6) is 5.75 Å². The Hall–Kier alpha value is -2.14. The molecule has 1 amide bonds. The number of nitrogens with zero attached hydrogens (tertiary/aromatic N) is 1. The molecule has 0 spiro atoms. The number of carbonyl (C=O) groups excluding carboxylic acids is 1. The van der Waals surface area contributed by atoms with Crippen LogP contribution < -0.4 is 4.74 Å². The monoisotopic (exact) mass is 371 g/mol. The largest absolute Gasteiger partial charge is 0.493 e. The molecular weight excluding hydrogens is 346 g/mol. The van der Waals surface area contributed by atoms with E-state index in [1.807, 2.05) is 59.5 Å². The van der Waals surface area contributed by atoms with Gasteiger partial charge in [0.1, 0.15) is 5.75 Å². The lowest BCUT2D eigenvalue weighted by Gasteiger charge is -2.33. The molecule has 1 aliphatic heterocycles. The summed E-state index contributed by atoms with van der Waals surface area (Å²) in [7, 11) is -1.08. The summed E-state index contributed by atoms with van der Waals surface area (Å²) < 4.78 is 17.7. The van der Waals surface area contributed by atoms with Crippen LogP contribution in [0.2, 0.25) is 0 Å². The van der Waals surface area contributed by atoms with Gasteiger partial charge in [0.05, 0.1) is 23.8 Å². The maximum Gasteiger partial charge on any atom is 0.227 e. The van der Waals surface area contributed by atoms with Crippen molar-refractivity contribution in [1.82, 2.24) is 4.90 Å². The maximum absolute atomic E-state index is 12.7. The minimum atomic E-state index is -1.08. The third-order valence-corrected chi connectivity index (χ3v) is 5.74. The van der Waals surface area contributed by atoms with E-state index in [0.717, 1.165) is 42.1 Å². The topological polar surface area (TPSA) is 46.6 Å². The maximum atomic E-state index is 12.7. The number of carbonyl (C=O) groups is 1. The van der Waals surface area contributed by atoms with Crippen LogP contribution in [-0.4, -0.2) is 41.0 Å². The first kappa shape index (κ1) is 18.6. The second-order valence-corrected chi connectivity index (χ2v) is 8.06. The Morgan fingerprint density at radius 3 is 2.65 bits per heavy atom. The van der Waals surface area contributed by atoms with Crippen LogP contribution in [0, 0.1) is 5.92 Å².